The van der Waals surface area contributed by atoms with Crippen LogP contribution in [0.2, 0.25) is 0 Å². The first kappa shape index (κ1) is 8.71. The van der Waals surface area contributed by atoms with Crippen molar-refractivity contribution in [1.82, 2.24) is 0 Å². The molecule has 15 heavy (non-hydrogen) atoms. The van der Waals surface area contributed by atoms with Crippen molar-refractivity contribution in [1.29, 1.82) is 0 Å². The van der Waals surface area contributed by atoms with Gasteiger partial charge in [-0.3, -0.25) is 0 Å². The summed E-state index contributed by atoms with van der Waals surface area (Å²) in [6.45, 7) is 0. The summed E-state index contributed by atoms with van der Waals surface area (Å²) in [6, 6.07) is 4.79. The van der Waals surface area contributed by atoms with Crippen LogP contribution in [0.1, 0.15) is 28.8 Å². The third-order valence-corrected chi connectivity index (χ3v) is 3.36. The SMILES string of the molecule is O=C(O)c1ccc2c(c1)NC(F)C21CC1. The Balaban J connectivity index is 2.10. The Morgan fingerprint density at radius 1 is 1.53 bits per heavy atom. The van der Waals surface area contributed by atoms with Crippen LogP contribution in [0.25, 0.3) is 0 Å². The lowest BCUT2D eigenvalue weighted by atomic mass is 9.96. The number of nitrogens with one attached hydrogen (secondary N) is 1. The highest BCUT2D eigenvalue weighted by atomic mass is 19.1. The van der Waals surface area contributed by atoms with E-state index < -0.39 is 12.3 Å². The average molecular weight is 207 g/mol. The van der Waals surface area contributed by atoms with Crippen LogP contribution in [0.4, 0.5) is 10.1 Å². The van der Waals surface area contributed by atoms with Gasteiger partial charge >= 0.3 is 5.97 Å². The molecule has 0 radical (unpaired) electrons. The zero-order valence-corrected chi connectivity index (χ0v) is 7.96. The van der Waals surface area contributed by atoms with E-state index >= 15 is 0 Å². The fraction of sp³-hybridized carbons (Fsp3) is 0.364. The standard InChI is InChI=1S/C11H10FNO2/c12-10-11(3-4-11)7-2-1-6(9(14)15)5-8(7)13-10/h1-2,5,10,13H,3-4H2,(H,14,15). The summed E-state index contributed by atoms with van der Waals surface area (Å²) in [5, 5.41) is 11.5. The van der Waals surface area contributed by atoms with E-state index in [9.17, 15) is 9.18 Å². The van der Waals surface area contributed by atoms with Crippen molar-refractivity contribution < 1.29 is 14.3 Å². The molecule has 1 spiro atoms. The normalized spacial score (nSPS) is 24.7. The molecular weight excluding hydrogens is 197 g/mol. The van der Waals surface area contributed by atoms with Crippen LogP contribution in [0, 0.1) is 0 Å². The third-order valence-electron chi connectivity index (χ3n) is 3.36. The molecule has 1 fully saturated rings. The van der Waals surface area contributed by atoms with E-state index in [-0.39, 0.29) is 11.0 Å². The topological polar surface area (TPSA) is 49.3 Å². The van der Waals surface area contributed by atoms with E-state index in [0.29, 0.717) is 5.69 Å². The van der Waals surface area contributed by atoms with Gasteiger partial charge in [0.25, 0.3) is 0 Å². The molecule has 1 aliphatic heterocycles. The molecule has 1 saturated carbocycles. The largest absolute Gasteiger partial charge is 0.478 e. The van der Waals surface area contributed by atoms with Crippen LogP contribution in [0.15, 0.2) is 18.2 Å². The molecule has 78 valence electrons. The zero-order valence-electron chi connectivity index (χ0n) is 7.96. The van der Waals surface area contributed by atoms with Crippen LogP contribution in [0.5, 0.6) is 0 Å². The first-order chi connectivity index (χ1) is 7.13. The van der Waals surface area contributed by atoms with Crippen LogP contribution in [0.3, 0.4) is 0 Å². The number of benzene rings is 1. The highest BCUT2D eigenvalue weighted by Gasteiger charge is 2.56. The monoisotopic (exact) mass is 207 g/mol. The molecule has 1 aliphatic carbocycles. The number of alkyl halides is 1. The van der Waals surface area contributed by atoms with Gasteiger partial charge in [-0.2, -0.15) is 0 Å². The molecular formula is C11H10FNO2. The van der Waals surface area contributed by atoms with Crippen LogP contribution >= 0.6 is 0 Å². The minimum atomic E-state index is -1.06. The minimum Gasteiger partial charge on any atom is -0.478 e. The molecule has 0 amide bonds. The third kappa shape index (κ3) is 1.02. The quantitative estimate of drug-likeness (QED) is 0.693. The van der Waals surface area contributed by atoms with Gasteiger partial charge in [-0.05, 0) is 30.5 Å². The van der Waals surface area contributed by atoms with E-state index in [2.05, 4.69) is 5.32 Å². The van der Waals surface area contributed by atoms with Gasteiger partial charge in [-0.15, -0.1) is 0 Å². The number of rotatable bonds is 1. The van der Waals surface area contributed by atoms with Gasteiger partial charge in [0.05, 0.1) is 5.56 Å². The second kappa shape index (κ2) is 2.51. The average Bonchev–Trinajstić information content (AvgIpc) is 2.93. The molecule has 1 unspecified atom stereocenters. The van der Waals surface area contributed by atoms with E-state index in [4.69, 9.17) is 5.11 Å². The highest BCUT2D eigenvalue weighted by molar-refractivity contribution is 5.89. The van der Waals surface area contributed by atoms with E-state index in [1.807, 2.05) is 0 Å². The number of aromatic carboxylic acids is 1. The molecule has 0 saturated heterocycles. The Morgan fingerprint density at radius 3 is 2.87 bits per heavy atom. The number of anilines is 1. The summed E-state index contributed by atoms with van der Waals surface area (Å²) in [4.78, 5) is 10.7. The second-order valence-electron chi connectivity index (χ2n) is 4.23. The number of carboxylic acids is 1. The maximum Gasteiger partial charge on any atom is 0.335 e. The van der Waals surface area contributed by atoms with Crippen molar-refractivity contribution in [3.05, 3.63) is 29.3 Å². The Kier molecular flexibility index (Phi) is 1.45. The van der Waals surface area contributed by atoms with Gasteiger partial charge in [0.15, 0.2) is 6.30 Å². The maximum absolute atomic E-state index is 13.6. The molecule has 3 rings (SSSR count). The Bertz CT molecular complexity index is 454. The van der Waals surface area contributed by atoms with Crippen molar-refractivity contribution in [2.24, 2.45) is 0 Å². The number of halogens is 1. The van der Waals surface area contributed by atoms with Gasteiger partial charge in [-0.1, -0.05) is 6.07 Å². The Labute approximate surface area is 85.9 Å². The molecule has 0 aromatic heterocycles. The fourth-order valence-electron chi connectivity index (χ4n) is 2.30. The van der Waals surface area contributed by atoms with E-state index in [0.717, 1.165) is 18.4 Å². The summed E-state index contributed by atoms with van der Waals surface area (Å²) in [7, 11) is 0. The molecule has 1 aromatic rings. The number of carboxylic acid groups (broad SMARTS) is 1. The molecule has 4 heteroatoms. The Hall–Kier alpha value is -1.58. The fourth-order valence-corrected chi connectivity index (χ4v) is 2.30. The molecule has 1 aromatic carbocycles. The first-order valence-electron chi connectivity index (χ1n) is 4.92. The maximum atomic E-state index is 13.6. The second-order valence-corrected chi connectivity index (χ2v) is 4.23. The van der Waals surface area contributed by atoms with Gasteiger partial charge < -0.3 is 10.4 Å². The summed E-state index contributed by atoms with van der Waals surface area (Å²) in [5.41, 5.74) is 1.41. The molecule has 1 heterocycles. The predicted octanol–water partition coefficient (Wildman–Crippen LogP) is 2.14. The number of carbonyl (C=O) groups is 1. The van der Waals surface area contributed by atoms with Gasteiger partial charge in [0, 0.05) is 11.1 Å². The number of hydrogen-bond acceptors (Lipinski definition) is 2. The number of fused-ring (bicyclic) bond motifs is 2. The van der Waals surface area contributed by atoms with Crippen molar-refractivity contribution in [3.8, 4) is 0 Å². The predicted molar refractivity (Wildman–Crippen MR) is 52.8 cm³/mol. The van der Waals surface area contributed by atoms with Crippen molar-refractivity contribution in [2.75, 3.05) is 5.32 Å². The lowest BCUT2D eigenvalue weighted by Gasteiger charge is -2.09. The van der Waals surface area contributed by atoms with Crippen molar-refractivity contribution >= 4 is 11.7 Å². The van der Waals surface area contributed by atoms with Crippen LogP contribution < -0.4 is 5.32 Å². The van der Waals surface area contributed by atoms with E-state index in [1.165, 1.54) is 6.07 Å². The summed E-state index contributed by atoms with van der Waals surface area (Å²) >= 11 is 0. The van der Waals surface area contributed by atoms with Crippen LogP contribution in [-0.2, 0) is 5.41 Å². The molecule has 1 atom stereocenters. The van der Waals surface area contributed by atoms with Crippen molar-refractivity contribution in [2.45, 2.75) is 24.6 Å². The smallest absolute Gasteiger partial charge is 0.335 e. The molecule has 2 aliphatic rings. The number of hydrogen-bond donors (Lipinski definition) is 2. The van der Waals surface area contributed by atoms with E-state index in [1.54, 1.807) is 12.1 Å². The minimum absolute atomic E-state index is 0.200. The van der Waals surface area contributed by atoms with Gasteiger partial charge in [0.1, 0.15) is 0 Å². The summed E-state index contributed by atoms with van der Waals surface area (Å²) < 4.78 is 13.6. The molecule has 0 bridgehead atoms. The van der Waals surface area contributed by atoms with Gasteiger partial charge in [-0.25, -0.2) is 9.18 Å². The molecule has 3 nitrogen and oxygen atoms in total. The zero-order chi connectivity index (χ0) is 10.6. The first-order valence-corrected chi connectivity index (χ1v) is 4.92. The van der Waals surface area contributed by atoms with Crippen molar-refractivity contribution in [3.63, 3.8) is 0 Å². The highest BCUT2D eigenvalue weighted by Crippen LogP contribution is 2.58. The van der Waals surface area contributed by atoms with Crippen LogP contribution in [-0.4, -0.2) is 17.4 Å². The van der Waals surface area contributed by atoms with Gasteiger partial charge in [0.2, 0.25) is 0 Å². The summed E-state index contributed by atoms with van der Waals surface area (Å²) in [6.07, 6.45) is 0.637. The lowest BCUT2D eigenvalue weighted by Crippen LogP contribution is -2.20. The molecule has 2 N–H and O–H groups in total. The lowest BCUT2D eigenvalue weighted by molar-refractivity contribution is 0.0697. The Morgan fingerprint density at radius 2 is 2.27 bits per heavy atom. The summed E-state index contributed by atoms with van der Waals surface area (Å²) in [5.74, 6) is -0.980.